The second-order valence-electron chi connectivity index (χ2n) is 4.57. The Morgan fingerprint density at radius 1 is 1.33 bits per heavy atom. The fourth-order valence-electron chi connectivity index (χ4n) is 2.36. The van der Waals surface area contributed by atoms with E-state index < -0.39 is 0 Å². The van der Waals surface area contributed by atoms with Crippen molar-refractivity contribution in [2.75, 3.05) is 0 Å². The number of thiophene rings is 1. The highest BCUT2D eigenvalue weighted by Gasteiger charge is 2.23. The van der Waals surface area contributed by atoms with Crippen LogP contribution < -0.4 is 10.5 Å². The molecule has 0 unspecified atom stereocenters. The zero-order valence-corrected chi connectivity index (χ0v) is 11.1. The minimum absolute atomic E-state index is 0.374. The first kappa shape index (κ1) is 11.3. The standard InChI is InChI=1S/C14H13NO2S/c1-7-3-8(2)12-10(4-7)17-6-9-5-11(14(15)16)18-13(9)12/h3-5H,6H2,1-2H3,(H2,15,16). The largest absolute Gasteiger partial charge is 0.488 e. The first-order chi connectivity index (χ1) is 8.56. The Hall–Kier alpha value is -1.81. The summed E-state index contributed by atoms with van der Waals surface area (Å²) >= 11 is 1.45. The van der Waals surface area contributed by atoms with E-state index >= 15 is 0 Å². The third-order valence-electron chi connectivity index (χ3n) is 3.11. The smallest absolute Gasteiger partial charge is 0.258 e. The summed E-state index contributed by atoms with van der Waals surface area (Å²) in [6.07, 6.45) is 0. The van der Waals surface area contributed by atoms with Crippen molar-refractivity contribution in [3.8, 4) is 16.2 Å². The van der Waals surface area contributed by atoms with Gasteiger partial charge in [0.05, 0.1) is 4.88 Å². The molecule has 3 nitrogen and oxygen atoms in total. The monoisotopic (exact) mass is 259 g/mol. The van der Waals surface area contributed by atoms with Crippen LogP contribution in [-0.2, 0) is 6.61 Å². The summed E-state index contributed by atoms with van der Waals surface area (Å²) in [5.41, 5.74) is 9.84. The lowest BCUT2D eigenvalue weighted by molar-refractivity contribution is 0.100. The van der Waals surface area contributed by atoms with Gasteiger partial charge in [-0.1, -0.05) is 6.07 Å². The fraction of sp³-hybridized carbons (Fsp3) is 0.214. The van der Waals surface area contributed by atoms with Gasteiger partial charge in [-0.15, -0.1) is 11.3 Å². The number of aryl methyl sites for hydroxylation is 2. The molecule has 0 bridgehead atoms. The van der Waals surface area contributed by atoms with Gasteiger partial charge in [0.15, 0.2) is 0 Å². The van der Waals surface area contributed by atoms with Crippen LogP contribution in [0.5, 0.6) is 5.75 Å². The summed E-state index contributed by atoms with van der Waals surface area (Å²) in [5.74, 6) is 0.526. The van der Waals surface area contributed by atoms with Gasteiger partial charge >= 0.3 is 0 Å². The maximum Gasteiger partial charge on any atom is 0.258 e. The van der Waals surface area contributed by atoms with Crippen molar-refractivity contribution in [1.29, 1.82) is 0 Å². The van der Waals surface area contributed by atoms with E-state index in [-0.39, 0.29) is 5.91 Å². The van der Waals surface area contributed by atoms with E-state index in [9.17, 15) is 4.79 Å². The third kappa shape index (κ3) is 1.61. The average Bonchev–Trinajstić information content (AvgIpc) is 2.71. The number of rotatable bonds is 1. The Bertz CT molecular complexity index is 658. The molecule has 92 valence electrons. The molecule has 0 saturated heterocycles. The Morgan fingerprint density at radius 3 is 2.83 bits per heavy atom. The molecule has 3 rings (SSSR count). The van der Waals surface area contributed by atoms with Crippen LogP contribution >= 0.6 is 11.3 Å². The maximum absolute atomic E-state index is 11.3. The van der Waals surface area contributed by atoms with Gasteiger partial charge in [-0.2, -0.15) is 0 Å². The average molecular weight is 259 g/mol. The van der Waals surface area contributed by atoms with E-state index in [4.69, 9.17) is 10.5 Å². The van der Waals surface area contributed by atoms with Crippen molar-refractivity contribution in [3.05, 3.63) is 39.8 Å². The van der Waals surface area contributed by atoms with E-state index in [0.717, 1.165) is 21.8 Å². The molecule has 0 radical (unpaired) electrons. The number of primary amides is 1. The zero-order valence-electron chi connectivity index (χ0n) is 10.2. The van der Waals surface area contributed by atoms with Gasteiger partial charge in [0.1, 0.15) is 12.4 Å². The first-order valence-electron chi connectivity index (χ1n) is 5.73. The third-order valence-corrected chi connectivity index (χ3v) is 4.32. The van der Waals surface area contributed by atoms with Gasteiger partial charge in [-0.3, -0.25) is 4.79 Å². The van der Waals surface area contributed by atoms with Crippen LogP contribution in [0.25, 0.3) is 10.4 Å². The molecule has 0 saturated carbocycles. The lowest BCUT2D eigenvalue weighted by Gasteiger charge is -2.20. The molecule has 18 heavy (non-hydrogen) atoms. The number of hydrogen-bond acceptors (Lipinski definition) is 3. The molecule has 1 aliphatic rings. The first-order valence-corrected chi connectivity index (χ1v) is 6.55. The number of hydrogen-bond donors (Lipinski definition) is 1. The van der Waals surface area contributed by atoms with Gasteiger partial charge in [-0.05, 0) is 37.1 Å². The number of benzene rings is 1. The lowest BCUT2D eigenvalue weighted by atomic mass is 9.99. The molecular formula is C14H13NO2S. The quantitative estimate of drug-likeness (QED) is 0.855. The minimum atomic E-state index is -0.374. The number of carbonyl (C=O) groups is 1. The second-order valence-corrected chi connectivity index (χ2v) is 5.63. The molecule has 2 aromatic rings. The highest BCUT2D eigenvalue weighted by atomic mass is 32.1. The van der Waals surface area contributed by atoms with Crippen molar-refractivity contribution in [2.24, 2.45) is 5.73 Å². The molecular weight excluding hydrogens is 246 g/mol. The topological polar surface area (TPSA) is 52.3 Å². The Kier molecular flexibility index (Phi) is 2.41. The van der Waals surface area contributed by atoms with Crippen molar-refractivity contribution in [2.45, 2.75) is 20.5 Å². The fourth-order valence-corrected chi connectivity index (χ4v) is 3.49. The van der Waals surface area contributed by atoms with E-state index in [1.54, 1.807) is 0 Å². The highest BCUT2D eigenvalue weighted by Crippen LogP contribution is 2.44. The van der Waals surface area contributed by atoms with Gasteiger partial charge in [0, 0.05) is 16.0 Å². The summed E-state index contributed by atoms with van der Waals surface area (Å²) in [6.45, 7) is 4.62. The van der Waals surface area contributed by atoms with Crippen LogP contribution in [0.15, 0.2) is 18.2 Å². The zero-order chi connectivity index (χ0) is 12.9. The van der Waals surface area contributed by atoms with E-state index in [1.807, 2.05) is 12.1 Å². The van der Waals surface area contributed by atoms with Crippen LogP contribution in [-0.4, -0.2) is 5.91 Å². The Morgan fingerprint density at radius 2 is 2.11 bits per heavy atom. The predicted molar refractivity (Wildman–Crippen MR) is 72.1 cm³/mol. The number of fused-ring (bicyclic) bond motifs is 3. The minimum Gasteiger partial charge on any atom is -0.488 e. The lowest BCUT2D eigenvalue weighted by Crippen LogP contribution is -2.08. The number of ether oxygens (including phenoxy) is 1. The molecule has 0 fully saturated rings. The van der Waals surface area contributed by atoms with Gasteiger partial charge < -0.3 is 10.5 Å². The molecule has 0 aliphatic carbocycles. The van der Waals surface area contributed by atoms with Crippen LogP contribution in [0, 0.1) is 13.8 Å². The van der Waals surface area contributed by atoms with Crippen LogP contribution in [0.2, 0.25) is 0 Å². The summed E-state index contributed by atoms with van der Waals surface area (Å²) in [4.78, 5) is 13.0. The number of nitrogens with two attached hydrogens (primary N) is 1. The maximum atomic E-state index is 11.3. The summed E-state index contributed by atoms with van der Waals surface area (Å²) in [6, 6.07) is 6.00. The molecule has 0 spiro atoms. The Balaban J connectivity index is 2.25. The van der Waals surface area contributed by atoms with E-state index in [1.165, 1.54) is 22.5 Å². The molecule has 0 atom stereocenters. The molecule has 1 aromatic heterocycles. The molecule has 2 heterocycles. The molecule has 1 amide bonds. The van der Waals surface area contributed by atoms with E-state index in [0.29, 0.717) is 11.5 Å². The van der Waals surface area contributed by atoms with Gasteiger partial charge in [-0.25, -0.2) is 0 Å². The van der Waals surface area contributed by atoms with Gasteiger partial charge in [0.25, 0.3) is 5.91 Å². The highest BCUT2D eigenvalue weighted by molar-refractivity contribution is 7.17. The van der Waals surface area contributed by atoms with Crippen LogP contribution in [0.1, 0.15) is 26.4 Å². The van der Waals surface area contributed by atoms with Crippen molar-refractivity contribution in [1.82, 2.24) is 0 Å². The number of carbonyl (C=O) groups excluding carboxylic acids is 1. The van der Waals surface area contributed by atoms with E-state index in [2.05, 4.69) is 19.9 Å². The second kappa shape index (κ2) is 3.85. The predicted octanol–water partition coefficient (Wildman–Crippen LogP) is 3.02. The SMILES string of the molecule is Cc1cc(C)c2c(c1)OCc1cc(C(N)=O)sc1-2. The Labute approximate surface area is 109 Å². The molecule has 4 heteroatoms. The summed E-state index contributed by atoms with van der Waals surface area (Å²) in [5, 5.41) is 0. The summed E-state index contributed by atoms with van der Waals surface area (Å²) < 4.78 is 5.76. The van der Waals surface area contributed by atoms with Gasteiger partial charge in [0.2, 0.25) is 0 Å². The van der Waals surface area contributed by atoms with Crippen molar-refractivity contribution in [3.63, 3.8) is 0 Å². The number of amides is 1. The van der Waals surface area contributed by atoms with Crippen LogP contribution in [0.3, 0.4) is 0 Å². The van der Waals surface area contributed by atoms with Crippen molar-refractivity contribution >= 4 is 17.2 Å². The molecule has 1 aromatic carbocycles. The normalized spacial score (nSPS) is 12.6. The molecule has 1 aliphatic heterocycles. The molecule has 2 N–H and O–H groups in total. The van der Waals surface area contributed by atoms with Crippen LogP contribution in [0.4, 0.5) is 0 Å². The van der Waals surface area contributed by atoms with Crippen molar-refractivity contribution < 1.29 is 9.53 Å². The summed E-state index contributed by atoms with van der Waals surface area (Å²) in [7, 11) is 0.